The molecule has 58 heavy (non-hydrogen) atoms. The number of aryl methyl sites for hydroxylation is 1. The number of thiazole rings is 2. The Kier molecular flexibility index (Phi) is 14.0. The molecule has 4 heterocycles. The Balaban J connectivity index is 0.999. The van der Waals surface area contributed by atoms with Gasteiger partial charge in [0.1, 0.15) is 12.1 Å². The number of morpholine rings is 1. The molecule has 6 rings (SSSR count). The van der Waals surface area contributed by atoms with Gasteiger partial charge >= 0.3 is 0 Å². The van der Waals surface area contributed by atoms with Crippen molar-refractivity contribution in [1.82, 2.24) is 25.5 Å². The van der Waals surface area contributed by atoms with Crippen LogP contribution in [-0.4, -0.2) is 102 Å². The van der Waals surface area contributed by atoms with Gasteiger partial charge in [0.15, 0.2) is 16.6 Å². The van der Waals surface area contributed by atoms with E-state index in [-0.39, 0.29) is 55.3 Å². The van der Waals surface area contributed by atoms with E-state index in [9.17, 15) is 19.5 Å². The van der Waals surface area contributed by atoms with Crippen LogP contribution in [0.3, 0.4) is 0 Å². The summed E-state index contributed by atoms with van der Waals surface area (Å²) in [5, 5.41) is 19.3. The van der Waals surface area contributed by atoms with Crippen LogP contribution in [0, 0.1) is 18.2 Å². The quantitative estimate of drug-likeness (QED) is 0.119. The number of benzene rings is 2. The topological polar surface area (TPSA) is 155 Å². The third-order valence-electron chi connectivity index (χ3n) is 10.4. The summed E-state index contributed by atoms with van der Waals surface area (Å²) in [5.41, 5.74) is 5.16. The molecule has 3 amide bonds. The number of hydrogen-bond donors (Lipinski definition) is 3. The predicted octanol–water partition coefficient (Wildman–Crippen LogP) is 6.15. The first kappa shape index (κ1) is 43.0. The van der Waals surface area contributed by atoms with Crippen LogP contribution >= 0.6 is 22.7 Å². The molecule has 2 aliphatic heterocycles. The van der Waals surface area contributed by atoms with Crippen molar-refractivity contribution in [3.05, 3.63) is 64.4 Å². The molecule has 13 nitrogen and oxygen atoms in total. The van der Waals surface area contributed by atoms with Gasteiger partial charge in [0.05, 0.1) is 60.9 Å². The number of amides is 3. The molecular weight excluding hydrogens is 784 g/mol. The van der Waals surface area contributed by atoms with E-state index in [4.69, 9.17) is 19.2 Å². The van der Waals surface area contributed by atoms with Gasteiger partial charge in [-0.15, -0.1) is 22.7 Å². The Morgan fingerprint density at radius 1 is 1.07 bits per heavy atom. The summed E-state index contributed by atoms with van der Waals surface area (Å²) < 4.78 is 32.2. The van der Waals surface area contributed by atoms with E-state index in [1.54, 1.807) is 23.5 Å². The van der Waals surface area contributed by atoms with Crippen LogP contribution in [0.15, 0.2) is 47.3 Å². The van der Waals surface area contributed by atoms with E-state index in [0.717, 1.165) is 39.9 Å². The highest BCUT2D eigenvalue weighted by Crippen LogP contribution is 2.39. The summed E-state index contributed by atoms with van der Waals surface area (Å²) >= 11 is 3.06. The van der Waals surface area contributed by atoms with Gasteiger partial charge in [-0.25, -0.2) is 9.97 Å². The molecule has 2 aliphatic rings. The lowest BCUT2D eigenvalue weighted by Gasteiger charge is -2.35. The van der Waals surface area contributed by atoms with Crippen LogP contribution in [-0.2, 0) is 19.1 Å². The molecule has 3 N–H and O–H groups in total. The average molecular weight is 837 g/mol. The molecule has 2 saturated heterocycles. The highest BCUT2D eigenvalue weighted by atomic mass is 32.1. The number of anilines is 1. The van der Waals surface area contributed by atoms with Crippen molar-refractivity contribution in [2.45, 2.75) is 84.5 Å². The average Bonchev–Trinajstić information content (AvgIpc) is 3.97. The van der Waals surface area contributed by atoms with Gasteiger partial charge in [0.25, 0.3) is 0 Å². The maximum Gasteiger partial charge on any atom is 0.246 e. The van der Waals surface area contributed by atoms with Gasteiger partial charge in [-0.3, -0.25) is 14.4 Å². The van der Waals surface area contributed by atoms with Crippen molar-refractivity contribution in [2.24, 2.45) is 5.41 Å². The van der Waals surface area contributed by atoms with E-state index in [2.05, 4.69) is 20.5 Å². The predicted molar refractivity (Wildman–Crippen MR) is 223 cm³/mol. The maximum absolute atomic E-state index is 15.5. The summed E-state index contributed by atoms with van der Waals surface area (Å²) in [6, 6.07) is 9.01. The van der Waals surface area contributed by atoms with Gasteiger partial charge in [-0.05, 0) is 55.4 Å². The van der Waals surface area contributed by atoms with E-state index < -0.39 is 35.3 Å². The van der Waals surface area contributed by atoms with E-state index in [0.29, 0.717) is 37.3 Å². The van der Waals surface area contributed by atoms with Crippen molar-refractivity contribution >= 4 is 45.5 Å². The molecule has 0 spiro atoms. The lowest BCUT2D eigenvalue weighted by molar-refractivity contribution is -0.144. The van der Waals surface area contributed by atoms with Crippen molar-refractivity contribution in [3.8, 4) is 33.2 Å². The van der Waals surface area contributed by atoms with Crippen LogP contribution in [0.2, 0.25) is 0 Å². The van der Waals surface area contributed by atoms with Gasteiger partial charge < -0.3 is 39.8 Å². The molecule has 312 valence electrons. The first-order valence-electron chi connectivity index (χ1n) is 19.6. The number of likely N-dealkylation sites (tertiary alicyclic amines) is 1. The first-order chi connectivity index (χ1) is 27.7. The second kappa shape index (κ2) is 19.0. The number of aliphatic hydroxyl groups excluding tert-OH is 1. The zero-order valence-electron chi connectivity index (χ0n) is 33.9. The number of methoxy groups -OCH3 is 1. The van der Waals surface area contributed by atoms with Crippen molar-refractivity contribution in [3.63, 3.8) is 0 Å². The van der Waals surface area contributed by atoms with Gasteiger partial charge in [0, 0.05) is 43.4 Å². The van der Waals surface area contributed by atoms with Gasteiger partial charge in [0.2, 0.25) is 23.5 Å². The molecule has 16 heteroatoms. The number of β-amino-alcohol motifs (C(OH)–C–C–N with tert-alkyl or cyclic N) is 1. The minimum atomic E-state index is -0.945. The summed E-state index contributed by atoms with van der Waals surface area (Å²) in [6.07, 6.45) is 0.192. The third-order valence-corrected chi connectivity index (χ3v) is 12.3. The Hall–Kier alpha value is -4.64. The monoisotopic (exact) mass is 836 g/mol. The number of aliphatic hydroxyl groups is 1. The Morgan fingerprint density at radius 3 is 2.48 bits per heavy atom. The molecule has 4 atom stereocenters. The van der Waals surface area contributed by atoms with E-state index in [1.165, 1.54) is 23.3 Å². The standard InChI is InChI=1S/C42H53FN6O7S2/c1-25(27-10-12-28(13-11-27)37-26(2)44-24-58-37)45-39(52)32-21-29(50)22-49(32)40(53)38(42(3,4)5)47-34(51)9-7-8-18-56-33-15-14-30(36(54-6)35(33)43)31-23-57-41(46-31)48-16-19-55-20-17-48/h10-15,23-25,29,32,38,50H,7-9,16-22H2,1-6H3,(H,45,52)(H,47,51)/t25-,29+,32-,38+/m0/s1. The highest BCUT2D eigenvalue weighted by molar-refractivity contribution is 7.14. The Morgan fingerprint density at radius 2 is 1.81 bits per heavy atom. The summed E-state index contributed by atoms with van der Waals surface area (Å²) in [5.74, 6) is -1.69. The van der Waals surface area contributed by atoms with Crippen LogP contribution in [0.25, 0.3) is 21.7 Å². The highest BCUT2D eigenvalue weighted by Gasteiger charge is 2.44. The zero-order valence-corrected chi connectivity index (χ0v) is 35.5. The Labute approximate surface area is 346 Å². The number of halogens is 1. The minimum Gasteiger partial charge on any atom is -0.493 e. The number of carbonyl (C=O) groups is 3. The molecule has 0 bridgehead atoms. The molecule has 0 radical (unpaired) electrons. The molecule has 2 aromatic heterocycles. The molecular formula is C42H53FN6O7S2. The Bertz CT molecular complexity index is 2050. The number of ether oxygens (including phenoxy) is 3. The van der Waals surface area contributed by atoms with Crippen LogP contribution in [0.5, 0.6) is 11.5 Å². The number of nitrogens with one attached hydrogen (secondary N) is 2. The SMILES string of the molecule is COc1c(-c2csc(N3CCOCC3)n2)ccc(OCCCCC(=O)N[C@H](C(=O)N2C[C@H](O)C[C@H]2C(=O)N[C@@H](C)c2ccc(-c3scnc3C)cc2)C(C)(C)C)c1F. The van der Waals surface area contributed by atoms with Gasteiger partial charge in [-0.1, -0.05) is 45.0 Å². The molecule has 2 fully saturated rings. The van der Waals surface area contributed by atoms with Crippen molar-refractivity contribution in [2.75, 3.05) is 51.5 Å². The van der Waals surface area contributed by atoms with Crippen LogP contribution in [0.1, 0.15) is 70.7 Å². The number of hydrogen-bond acceptors (Lipinski definition) is 12. The number of aromatic nitrogens is 2. The second-order valence-electron chi connectivity index (χ2n) is 15.8. The number of rotatable bonds is 15. The lowest BCUT2D eigenvalue weighted by atomic mass is 9.85. The van der Waals surface area contributed by atoms with Crippen LogP contribution < -0.4 is 25.0 Å². The molecule has 0 aliphatic carbocycles. The van der Waals surface area contributed by atoms with Gasteiger partial charge in [-0.2, -0.15) is 4.39 Å². The second-order valence-corrected chi connectivity index (χ2v) is 17.5. The number of unbranched alkanes of at least 4 members (excludes halogenated alkanes) is 1. The fraction of sp³-hybridized carbons (Fsp3) is 0.500. The minimum absolute atomic E-state index is 0.0183. The summed E-state index contributed by atoms with van der Waals surface area (Å²) in [7, 11) is 1.41. The normalized spacial score (nSPS) is 18.1. The smallest absolute Gasteiger partial charge is 0.246 e. The molecule has 4 aromatic rings. The fourth-order valence-electron chi connectivity index (χ4n) is 7.16. The number of nitrogens with zero attached hydrogens (tertiary/aromatic N) is 4. The largest absolute Gasteiger partial charge is 0.493 e. The maximum atomic E-state index is 15.5. The zero-order chi connectivity index (χ0) is 41.6. The van der Waals surface area contributed by atoms with E-state index in [1.807, 2.05) is 69.8 Å². The third kappa shape index (κ3) is 10.1. The van der Waals surface area contributed by atoms with E-state index >= 15 is 4.39 Å². The first-order valence-corrected chi connectivity index (χ1v) is 21.4. The molecule has 0 saturated carbocycles. The summed E-state index contributed by atoms with van der Waals surface area (Å²) in [4.78, 5) is 54.6. The van der Waals surface area contributed by atoms with Crippen molar-refractivity contribution < 1.29 is 38.1 Å². The molecule has 2 aromatic carbocycles. The fourth-order valence-corrected chi connectivity index (χ4v) is 8.85. The molecule has 0 unspecified atom stereocenters. The number of carbonyl (C=O) groups excluding carboxylic acids is 3. The summed E-state index contributed by atoms with van der Waals surface area (Å²) in [6.45, 7) is 12.3. The van der Waals surface area contributed by atoms with Crippen LogP contribution in [0.4, 0.5) is 9.52 Å². The van der Waals surface area contributed by atoms with Crippen molar-refractivity contribution in [1.29, 1.82) is 0 Å². The lowest BCUT2D eigenvalue weighted by Crippen LogP contribution is -2.57.